The highest BCUT2D eigenvalue weighted by atomic mass is 19.4. The largest absolute Gasteiger partial charge is 0.416 e. The molecular weight excluding hydrogens is 413 g/mol. The van der Waals surface area contributed by atoms with Crippen LogP contribution in [0.3, 0.4) is 0 Å². The second kappa shape index (κ2) is 8.91. The van der Waals surface area contributed by atoms with Crippen LogP contribution in [0.15, 0.2) is 85.1 Å². The molecule has 0 unspecified atom stereocenters. The zero-order chi connectivity index (χ0) is 22.7. The van der Waals surface area contributed by atoms with Crippen LogP contribution in [0.25, 0.3) is 10.9 Å². The van der Waals surface area contributed by atoms with Gasteiger partial charge in [0.1, 0.15) is 0 Å². The summed E-state index contributed by atoms with van der Waals surface area (Å²) in [6.45, 7) is 1.89. The van der Waals surface area contributed by atoms with E-state index in [1.165, 1.54) is 6.07 Å². The number of halogens is 3. The minimum absolute atomic E-state index is 0.0281. The maximum Gasteiger partial charge on any atom is 0.416 e. The van der Waals surface area contributed by atoms with Gasteiger partial charge in [-0.05, 0) is 35.7 Å². The third-order valence-corrected chi connectivity index (χ3v) is 5.68. The van der Waals surface area contributed by atoms with E-state index in [0.717, 1.165) is 34.2 Å². The number of carbonyl (C=O) groups is 1. The maximum absolute atomic E-state index is 13.4. The van der Waals surface area contributed by atoms with Crippen molar-refractivity contribution < 1.29 is 18.0 Å². The molecule has 0 saturated heterocycles. The Labute approximate surface area is 184 Å². The molecule has 3 nitrogen and oxygen atoms in total. The van der Waals surface area contributed by atoms with Gasteiger partial charge in [-0.15, -0.1) is 0 Å². The molecule has 3 aromatic carbocycles. The first-order chi connectivity index (χ1) is 15.3. The molecule has 0 spiro atoms. The number of hydrogen-bond acceptors (Lipinski definition) is 1. The van der Waals surface area contributed by atoms with Gasteiger partial charge in [0.25, 0.3) is 0 Å². The van der Waals surface area contributed by atoms with E-state index in [2.05, 4.69) is 10.3 Å². The number of nitrogens with one attached hydrogen (secondary N) is 2. The molecule has 0 saturated carbocycles. The van der Waals surface area contributed by atoms with E-state index in [1.807, 2.05) is 61.5 Å². The summed E-state index contributed by atoms with van der Waals surface area (Å²) in [7, 11) is 0. The summed E-state index contributed by atoms with van der Waals surface area (Å²) in [4.78, 5) is 16.1. The highest BCUT2D eigenvalue weighted by Crippen LogP contribution is 2.37. The number of H-pyrrole nitrogens is 1. The SMILES string of the molecule is C[C@@H](NC(=O)C[C@H](c1cccc(C(F)(F)F)c1)c1c[nH]c2ccccc12)c1ccccc1. The van der Waals surface area contributed by atoms with Crippen LogP contribution in [0.1, 0.15) is 47.6 Å². The molecule has 0 fully saturated rings. The van der Waals surface area contributed by atoms with Crippen LogP contribution >= 0.6 is 0 Å². The highest BCUT2D eigenvalue weighted by Gasteiger charge is 2.32. The van der Waals surface area contributed by atoms with Gasteiger partial charge in [0.05, 0.1) is 11.6 Å². The molecule has 1 heterocycles. The number of amides is 1. The fourth-order valence-electron chi connectivity index (χ4n) is 4.03. The lowest BCUT2D eigenvalue weighted by atomic mass is 9.87. The normalized spacial score (nSPS) is 13.6. The van der Waals surface area contributed by atoms with Crippen LogP contribution in [-0.2, 0) is 11.0 Å². The molecule has 0 radical (unpaired) electrons. The Morgan fingerprint density at radius 1 is 0.938 bits per heavy atom. The Bertz CT molecular complexity index is 1210. The fourth-order valence-corrected chi connectivity index (χ4v) is 4.03. The van der Waals surface area contributed by atoms with Gasteiger partial charge in [-0.25, -0.2) is 0 Å². The van der Waals surface area contributed by atoms with E-state index in [1.54, 1.807) is 12.3 Å². The summed E-state index contributed by atoms with van der Waals surface area (Å²) in [5.41, 5.74) is 2.36. The summed E-state index contributed by atoms with van der Waals surface area (Å²) in [6.07, 6.45) is -2.64. The molecule has 6 heteroatoms. The summed E-state index contributed by atoms with van der Waals surface area (Å²) in [6, 6.07) is 22.1. The number of rotatable bonds is 6. The van der Waals surface area contributed by atoms with E-state index >= 15 is 0 Å². The summed E-state index contributed by atoms with van der Waals surface area (Å²) < 4.78 is 40.1. The second-order valence-electron chi connectivity index (χ2n) is 7.87. The quantitative estimate of drug-likeness (QED) is 0.352. The number of para-hydroxylation sites is 1. The van der Waals surface area contributed by atoms with Crippen molar-refractivity contribution in [3.8, 4) is 0 Å². The van der Waals surface area contributed by atoms with Crippen molar-refractivity contribution in [3.05, 3.63) is 107 Å². The first-order valence-electron chi connectivity index (χ1n) is 10.4. The Morgan fingerprint density at radius 2 is 1.62 bits per heavy atom. The van der Waals surface area contributed by atoms with Crippen LogP contribution in [0.2, 0.25) is 0 Å². The van der Waals surface area contributed by atoms with Gasteiger partial charge in [0, 0.05) is 29.4 Å². The Balaban J connectivity index is 1.68. The van der Waals surface area contributed by atoms with Crippen molar-refractivity contribution in [3.63, 3.8) is 0 Å². The zero-order valence-corrected chi connectivity index (χ0v) is 17.5. The van der Waals surface area contributed by atoms with Crippen LogP contribution in [0.4, 0.5) is 13.2 Å². The average Bonchev–Trinajstić information content (AvgIpc) is 3.21. The monoisotopic (exact) mass is 436 g/mol. The maximum atomic E-state index is 13.4. The summed E-state index contributed by atoms with van der Waals surface area (Å²) in [5, 5.41) is 3.87. The van der Waals surface area contributed by atoms with Gasteiger partial charge in [-0.3, -0.25) is 4.79 Å². The number of alkyl halides is 3. The molecule has 1 aromatic heterocycles. The van der Waals surface area contributed by atoms with Crippen molar-refractivity contribution in [2.75, 3.05) is 0 Å². The number of fused-ring (bicyclic) bond motifs is 1. The van der Waals surface area contributed by atoms with E-state index in [4.69, 9.17) is 0 Å². The van der Waals surface area contributed by atoms with Crippen molar-refractivity contribution >= 4 is 16.8 Å². The first-order valence-corrected chi connectivity index (χ1v) is 10.4. The molecule has 0 aliphatic heterocycles. The summed E-state index contributed by atoms with van der Waals surface area (Å²) in [5.74, 6) is -0.759. The van der Waals surface area contributed by atoms with Gasteiger partial charge >= 0.3 is 6.18 Å². The molecule has 2 N–H and O–H groups in total. The molecule has 2 atom stereocenters. The summed E-state index contributed by atoms with van der Waals surface area (Å²) >= 11 is 0. The topological polar surface area (TPSA) is 44.9 Å². The van der Waals surface area contributed by atoms with Gasteiger partial charge < -0.3 is 10.3 Å². The second-order valence-corrected chi connectivity index (χ2v) is 7.87. The molecule has 4 aromatic rings. The van der Waals surface area contributed by atoms with Crippen molar-refractivity contribution in [1.29, 1.82) is 0 Å². The van der Waals surface area contributed by atoms with Gasteiger partial charge in [-0.2, -0.15) is 13.2 Å². The van der Waals surface area contributed by atoms with Crippen molar-refractivity contribution in [2.45, 2.75) is 31.5 Å². The first kappa shape index (κ1) is 21.7. The minimum Gasteiger partial charge on any atom is -0.361 e. The standard InChI is InChI=1S/C26H23F3N2O/c1-17(18-8-3-2-4-9-18)31-25(32)15-22(19-10-7-11-20(14-19)26(27,28)29)23-16-30-24-13-6-5-12-21(23)24/h2-14,16-17,22,30H,15H2,1H3,(H,31,32)/t17-,22-/m1/s1. The smallest absolute Gasteiger partial charge is 0.361 e. The Hall–Kier alpha value is -3.54. The molecule has 1 amide bonds. The predicted octanol–water partition coefficient (Wildman–Crippen LogP) is 6.59. The van der Waals surface area contributed by atoms with Crippen LogP contribution in [-0.4, -0.2) is 10.9 Å². The molecule has 0 aliphatic carbocycles. The van der Waals surface area contributed by atoms with Crippen LogP contribution in [0.5, 0.6) is 0 Å². The van der Waals surface area contributed by atoms with E-state index < -0.39 is 17.7 Å². The number of aromatic nitrogens is 1. The number of benzene rings is 3. The van der Waals surface area contributed by atoms with Gasteiger partial charge in [0.15, 0.2) is 0 Å². The molecule has 164 valence electrons. The number of carbonyl (C=O) groups excluding carboxylic acids is 1. The number of aromatic amines is 1. The minimum atomic E-state index is -4.45. The van der Waals surface area contributed by atoms with Crippen molar-refractivity contribution in [1.82, 2.24) is 10.3 Å². The average molecular weight is 436 g/mol. The van der Waals surface area contributed by atoms with E-state index in [0.29, 0.717) is 5.56 Å². The van der Waals surface area contributed by atoms with Gasteiger partial charge in [-0.1, -0.05) is 66.7 Å². The molecule has 0 bridgehead atoms. The molecule has 32 heavy (non-hydrogen) atoms. The molecule has 0 aliphatic rings. The lowest BCUT2D eigenvalue weighted by Crippen LogP contribution is -2.28. The molecular formula is C26H23F3N2O. The fraction of sp³-hybridized carbons (Fsp3) is 0.192. The highest BCUT2D eigenvalue weighted by molar-refractivity contribution is 5.86. The van der Waals surface area contributed by atoms with Crippen LogP contribution in [0, 0.1) is 0 Å². The third kappa shape index (κ3) is 4.69. The van der Waals surface area contributed by atoms with E-state index in [9.17, 15) is 18.0 Å². The zero-order valence-electron chi connectivity index (χ0n) is 17.5. The van der Waals surface area contributed by atoms with E-state index in [-0.39, 0.29) is 18.4 Å². The number of hydrogen-bond donors (Lipinski definition) is 2. The lowest BCUT2D eigenvalue weighted by Gasteiger charge is -2.21. The van der Waals surface area contributed by atoms with Crippen LogP contribution < -0.4 is 5.32 Å². The Morgan fingerprint density at radius 3 is 2.38 bits per heavy atom. The lowest BCUT2D eigenvalue weighted by molar-refractivity contribution is -0.137. The van der Waals surface area contributed by atoms with Crippen molar-refractivity contribution in [2.24, 2.45) is 0 Å². The molecule has 4 rings (SSSR count). The van der Waals surface area contributed by atoms with Gasteiger partial charge in [0.2, 0.25) is 5.91 Å². The Kier molecular flexibility index (Phi) is 6.04. The predicted molar refractivity (Wildman–Crippen MR) is 119 cm³/mol. The third-order valence-electron chi connectivity index (χ3n) is 5.68.